The van der Waals surface area contributed by atoms with Gasteiger partial charge in [0.05, 0.1) is 13.2 Å². The van der Waals surface area contributed by atoms with Gasteiger partial charge in [0, 0.05) is 12.1 Å². The molecule has 2 aliphatic heterocycles. The van der Waals surface area contributed by atoms with Crippen LogP contribution in [0, 0.1) is 11.8 Å². The highest BCUT2D eigenvalue weighted by molar-refractivity contribution is 4.85. The van der Waals surface area contributed by atoms with Gasteiger partial charge in [0.15, 0.2) is 0 Å². The van der Waals surface area contributed by atoms with E-state index in [2.05, 4.69) is 10.6 Å². The van der Waals surface area contributed by atoms with Crippen molar-refractivity contribution in [2.24, 2.45) is 11.8 Å². The van der Waals surface area contributed by atoms with Gasteiger partial charge >= 0.3 is 0 Å². The van der Waals surface area contributed by atoms with Crippen molar-refractivity contribution in [2.75, 3.05) is 13.2 Å². The Balaban J connectivity index is 1.12. The van der Waals surface area contributed by atoms with Gasteiger partial charge in [-0.25, -0.2) is 0 Å². The van der Waals surface area contributed by atoms with Crippen molar-refractivity contribution in [3.8, 4) is 0 Å². The Labute approximate surface area is 128 Å². The van der Waals surface area contributed by atoms with Crippen molar-refractivity contribution in [1.82, 2.24) is 10.6 Å². The Bertz CT molecular complexity index is 296. The zero-order valence-corrected chi connectivity index (χ0v) is 13.1. The molecule has 4 heteroatoms. The second-order valence-electron chi connectivity index (χ2n) is 7.65. The number of hydrogen-bond donors (Lipinski definition) is 2. The summed E-state index contributed by atoms with van der Waals surface area (Å²) in [7, 11) is 0. The molecule has 0 radical (unpaired) electrons. The monoisotopic (exact) mass is 294 g/mol. The molecule has 120 valence electrons. The zero-order valence-electron chi connectivity index (χ0n) is 13.1. The lowest BCUT2D eigenvalue weighted by Gasteiger charge is -2.34. The van der Waals surface area contributed by atoms with Crippen LogP contribution in [0.4, 0.5) is 0 Å². The van der Waals surface area contributed by atoms with Crippen molar-refractivity contribution >= 4 is 0 Å². The number of hydrogen-bond acceptors (Lipinski definition) is 4. The first-order valence-corrected chi connectivity index (χ1v) is 9.10. The highest BCUT2D eigenvalue weighted by atomic mass is 16.6. The van der Waals surface area contributed by atoms with Crippen LogP contribution >= 0.6 is 0 Å². The van der Waals surface area contributed by atoms with Crippen molar-refractivity contribution in [3.63, 3.8) is 0 Å². The molecule has 4 nitrogen and oxygen atoms in total. The lowest BCUT2D eigenvalue weighted by Crippen LogP contribution is -2.37. The summed E-state index contributed by atoms with van der Waals surface area (Å²) in [5.74, 6) is 1.98. The van der Waals surface area contributed by atoms with Crippen LogP contribution in [0.25, 0.3) is 0 Å². The average molecular weight is 294 g/mol. The zero-order chi connectivity index (χ0) is 14.1. The molecule has 0 bridgehead atoms. The highest BCUT2D eigenvalue weighted by Crippen LogP contribution is 2.36. The van der Waals surface area contributed by atoms with Crippen LogP contribution < -0.4 is 10.6 Å². The first kappa shape index (κ1) is 14.4. The predicted octanol–water partition coefficient (Wildman–Crippen LogP) is 2.39. The van der Waals surface area contributed by atoms with Gasteiger partial charge in [-0.05, 0) is 69.6 Å². The summed E-state index contributed by atoms with van der Waals surface area (Å²) in [5.41, 5.74) is 0. The third kappa shape index (κ3) is 4.41. The summed E-state index contributed by atoms with van der Waals surface area (Å²) in [6.45, 7) is 1.87. The molecule has 0 aromatic heterocycles. The molecule has 4 fully saturated rings. The van der Waals surface area contributed by atoms with E-state index in [4.69, 9.17) is 9.47 Å². The Morgan fingerprint density at radius 1 is 0.619 bits per heavy atom. The van der Waals surface area contributed by atoms with E-state index in [1.807, 2.05) is 0 Å². The molecule has 2 N–H and O–H groups in total. The fourth-order valence-electron chi connectivity index (χ4n) is 4.42. The van der Waals surface area contributed by atoms with Gasteiger partial charge in [0.2, 0.25) is 0 Å². The largest absolute Gasteiger partial charge is 0.357 e. The maximum atomic E-state index is 5.28. The standard InChI is InChI=1S/C17H30N2O2/c1-5-14(18-16-10-20-16)6-2-12(1)9-13-3-7-15(8-4-13)19-17-11-21-17/h12-19H,1-11H2. The van der Waals surface area contributed by atoms with E-state index in [0.717, 1.165) is 37.1 Å². The molecule has 2 aliphatic carbocycles. The molecule has 2 heterocycles. The van der Waals surface area contributed by atoms with Gasteiger partial charge in [-0.15, -0.1) is 0 Å². The number of rotatable bonds is 6. The van der Waals surface area contributed by atoms with Crippen molar-refractivity contribution < 1.29 is 9.47 Å². The lowest BCUT2D eigenvalue weighted by atomic mass is 9.75. The van der Waals surface area contributed by atoms with Crippen LogP contribution in [-0.2, 0) is 9.47 Å². The number of epoxide rings is 2. The Morgan fingerprint density at radius 2 is 1.00 bits per heavy atom. The summed E-state index contributed by atoms with van der Waals surface area (Å²) in [6, 6.07) is 1.46. The highest BCUT2D eigenvalue weighted by Gasteiger charge is 2.32. The fraction of sp³-hybridized carbons (Fsp3) is 1.00. The minimum absolute atomic E-state index is 0.393. The average Bonchev–Trinajstić information content (AvgIpc) is 3.40. The van der Waals surface area contributed by atoms with E-state index in [0.29, 0.717) is 12.5 Å². The maximum Gasteiger partial charge on any atom is 0.132 e. The topological polar surface area (TPSA) is 49.1 Å². The SMILES string of the molecule is C1CC(NC2CO2)CCC1CC1CCC(NC2CO2)CC1. The summed E-state index contributed by atoms with van der Waals surface area (Å²) in [6.07, 6.45) is 13.4. The summed E-state index contributed by atoms with van der Waals surface area (Å²) in [4.78, 5) is 0. The first-order valence-electron chi connectivity index (χ1n) is 9.10. The van der Waals surface area contributed by atoms with Crippen LogP contribution in [0.5, 0.6) is 0 Å². The molecular weight excluding hydrogens is 264 g/mol. The van der Waals surface area contributed by atoms with Crippen LogP contribution in [0.3, 0.4) is 0 Å². The summed E-state index contributed by atoms with van der Waals surface area (Å²) < 4.78 is 10.6. The quantitative estimate of drug-likeness (QED) is 0.739. The second-order valence-corrected chi connectivity index (χ2v) is 7.65. The lowest BCUT2D eigenvalue weighted by molar-refractivity contribution is 0.194. The summed E-state index contributed by atoms with van der Waals surface area (Å²) in [5, 5.41) is 7.21. The number of ether oxygens (including phenoxy) is 2. The maximum absolute atomic E-state index is 5.28. The molecule has 0 spiro atoms. The smallest absolute Gasteiger partial charge is 0.132 e. The molecule has 0 aromatic rings. The summed E-state index contributed by atoms with van der Waals surface area (Å²) >= 11 is 0. The molecular formula is C17H30N2O2. The first-order chi connectivity index (χ1) is 10.3. The molecule has 2 saturated heterocycles. The minimum atomic E-state index is 0.393. The van der Waals surface area contributed by atoms with Crippen molar-refractivity contribution in [3.05, 3.63) is 0 Å². The molecule has 4 rings (SSSR count). The van der Waals surface area contributed by atoms with E-state index in [1.54, 1.807) is 0 Å². The fourth-order valence-corrected chi connectivity index (χ4v) is 4.42. The van der Waals surface area contributed by atoms with E-state index in [9.17, 15) is 0 Å². The van der Waals surface area contributed by atoms with Crippen LogP contribution in [0.1, 0.15) is 57.8 Å². The van der Waals surface area contributed by atoms with E-state index in [1.165, 1.54) is 57.8 Å². The van der Waals surface area contributed by atoms with Crippen molar-refractivity contribution in [2.45, 2.75) is 82.3 Å². The van der Waals surface area contributed by atoms with Gasteiger partial charge in [0.1, 0.15) is 12.5 Å². The molecule has 21 heavy (non-hydrogen) atoms. The minimum Gasteiger partial charge on any atom is -0.357 e. The predicted molar refractivity (Wildman–Crippen MR) is 81.9 cm³/mol. The normalized spacial score (nSPS) is 46.3. The van der Waals surface area contributed by atoms with Gasteiger partial charge in [-0.2, -0.15) is 0 Å². The molecule has 2 atom stereocenters. The molecule has 2 saturated carbocycles. The van der Waals surface area contributed by atoms with Gasteiger partial charge in [-0.3, -0.25) is 10.6 Å². The third-order valence-electron chi connectivity index (χ3n) is 5.87. The molecule has 4 aliphatic rings. The van der Waals surface area contributed by atoms with Crippen LogP contribution in [-0.4, -0.2) is 37.8 Å². The van der Waals surface area contributed by atoms with E-state index < -0.39 is 0 Å². The Hall–Kier alpha value is -0.160. The van der Waals surface area contributed by atoms with Crippen LogP contribution in [0.2, 0.25) is 0 Å². The molecule has 0 amide bonds. The van der Waals surface area contributed by atoms with Gasteiger partial charge in [-0.1, -0.05) is 0 Å². The van der Waals surface area contributed by atoms with E-state index in [-0.39, 0.29) is 0 Å². The Morgan fingerprint density at radius 3 is 1.33 bits per heavy atom. The van der Waals surface area contributed by atoms with E-state index >= 15 is 0 Å². The molecule has 0 aromatic carbocycles. The molecule has 2 unspecified atom stereocenters. The number of nitrogens with one attached hydrogen (secondary N) is 2. The third-order valence-corrected chi connectivity index (χ3v) is 5.87. The van der Waals surface area contributed by atoms with Gasteiger partial charge in [0.25, 0.3) is 0 Å². The van der Waals surface area contributed by atoms with Gasteiger partial charge < -0.3 is 9.47 Å². The van der Waals surface area contributed by atoms with Crippen molar-refractivity contribution in [1.29, 1.82) is 0 Å². The second kappa shape index (κ2) is 6.53. The Kier molecular flexibility index (Phi) is 4.49. The van der Waals surface area contributed by atoms with Crippen LogP contribution in [0.15, 0.2) is 0 Å².